The molecule has 2 rings (SSSR count). The van der Waals surface area contributed by atoms with E-state index in [1.807, 2.05) is 6.92 Å². The van der Waals surface area contributed by atoms with Gasteiger partial charge in [0.05, 0.1) is 24.7 Å². The summed E-state index contributed by atoms with van der Waals surface area (Å²) in [6.45, 7) is 3.27. The Kier molecular flexibility index (Phi) is 4.40. The van der Waals surface area contributed by atoms with Gasteiger partial charge < -0.3 is 15.2 Å². The van der Waals surface area contributed by atoms with Gasteiger partial charge in [0.25, 0.3) is 0 Å². The van der Waals surface area contributed by atoms with Crippen LogP contribution in [0, 0.1) is 11.8 Å². The molecule has 0 bridgehead atoms. The number of rotatable bonds is 3. The number of ether oxygens (including phenoxy) is 1. The Morgan fingerprint density at radius 2 is 2.24 bits per heavy atom. The molecule has 2 aliphatic rings. The first-order valence-corrected chi connectivity index (χ1v) is 6.72. The van der Waals surface area contributed by atoms with Gasteiger partial charge in [-0.05, 0) is 38.5 Å². The van der Waals surface area contributed by atoms with Crippen LogP contribution in [0.1, 0.15) is 39.0 Å². The van der Waals surface area contributed by atoms with Gasteiger partial charge in [-0.15, -0.1) is 0 Å². The molecule has 1 heterocycles. The Hall–Kier alpha value is -0.610. The predicted octanol–water partition coefficient (Wildman–Crippen LogP) is 1.08. The van der Waals surface area contributed by atoms with Gasteiger partial charge in [-0.25, -0.2) is 0 Å². The van der Waals surface area contributed by atoms with E-state index in [9.17, 15) is 9.90 Å². The number of amides is 1. The fourth-order valence-corrected chi connectivity index (χ4v) is 2.84. The fraction of sp³-hybridized carbons (Fsp3) is 0.923. The summed E-state index contributed by atoms with van der Waals surface area (Å²) in [6.07, 6.45) is 4.82. The minimum Gasteiger partial charge on any atom is -0.393 e. The fourth-order valence-electron chi connectivity index (χ4n) is 2.84. The van der Waals surface area contributed by atoms with Crippen LogP contribution in [-0.2, 0) is 9.53 Å². The highest BCUT2D eigenvalue weighted by atomic mass is 16.5. The van der Waals surface area contributed by atoms with Crippen molar-refractivity contribution in [1.29, 1.82) is 0 Å². The molecule has 1 saturated heterocycles. The number of hydrogen-bond donors (Lipinski definition) is 2. The zero-order valence-corrected chi connectivity index (χ0v) is 10.5. The van der Waals surface area contributed by atoms with E-state index in [0.29, 0.717) is 19.1 Å². The number of carbonyl (C=O) groups is 1. The molecule has 0 aromatic carbocycles. The van der Waals surface area contributed by atoms with Crippen molar-refractivity contribution in [1.82, 2.24) is 5.32 Å². The molecule has 0 spiro atoms. The van der Waals surface area contributed by atoms with E-state index in [2.05, 4.69) is 5.32 Å². The second-order valence-corrected chi connectivity index (χ2v) is 5.51. The lowest BCUT2D eigenvalue weighted by molar-refractivity contribution is -0.125. The molecule has 1 aliphatic heterocycles. The Bertz CT molecular complexity index is 269. The van der Waals surface area contributed by atoms with Crippen LogP contribution in [0.3, 0.4) is 0 Å². The number of hydrogen-bond acceptors (Lipinski definition) is 3. The van der Waals surface area contributed by atoms with Gasteiger partial charge >= 0.3 is 0 Å². The van der Waals surface area contributed by atoms with Crippen LogP contribution in [0.5, 0.6) is 0 Å². The molecular formula is C13H23NO3. The van der Waals surface area contributed by atoms with Gasteiger partial charge in [0.15, 0.2) is 0 Å². The van der Waals surface area contributed by atoms with Gasteiger partial charge in [-0.2, -0.15) is 0 Å². The van der Waals surface area contributed by atoms with Crippen LogP contribution < -0.4 is 5.32 Å². The highest BCUT2D eigenvalue weighted by Gasteiger charge is 2.29. The summed E-state index contributed by atoms with van der Waals surface area (Å²) in [4.78, 5) is 11.9. The van der Waals surface area contributed by atoms with Gasteiger partial charge in [0, 0.05) is 6.54 Å². The summed E-state index contributed by atoms with van der Waals surface area (Å²) < 4.78 is 5.39. The maximum atomic E-state index is 11.9. The number of aliphatic hydroxyl groups excluding tert-OH is 1. The third-order valence-corrected chi connectivity index (χ3v) is 3.89. The standard InChI is InChI=1S/C13H23NO3/c1-9-5-11(8-17-9)13(16)14-7-10-3-2-4-12(15)6-10/h9-12,15H,2-8H2,1H3,(H,14,16). The maximum absolute atomic E-state index is 11.9. The quantitative estimate of drug-likeness (QED) is 0.777. The van der Waals surface area contributed by atoms with E-state index in [1.165, 1.54) is 0 Å². The molecule has 2 fully saturated rings. The van der Waals surface area contributed by atoms with Gasteiger partial charge in [-0.1, -0.05) is 6.42 Å². The number of aliphatic hydroxyl groups is 1. The first kappa shape index (κ1) is 12.8. The van der Waals surface area contributed by atoms with Crippen LogP contribution >= 0.6 is 0 Å². The topological polar surface area (TPSA) is 58.6 Å². The van der Waals surface area contributed by atoms with Crippen LogP contribution in [0.4, 0.5) is 0 Å². The highest BCUT2D eigenvalue weighted by Crippen LogP contribution is 2.24. The second-order valence-electron chi connectivity index (χ2n) is 5.51. The van der Waals surface area contributed by atoms with E-state index in [1.54, 1.807) is 0 Å². The van der Waals surface area contributed by atoms with Crippen molar-refractivity contribution in [2.75, 3.05) is 13.2 Å². The van der Waals surface area contributed by atoms with E-state index < -0.39 is 0 Å². The highest BCUT2D eigenvalue weighted by molar-refractivity contribution is 5.79. The molecular weight excluding hydrogens is 218 g/mol. The van der Waals surface area contributed by atoms with Crippen LogP contribution in [0.15, 0.2) is 0 Å². The van der Waals surface area contributed by atoms with Crippen molar-refractivity contribution in [2.24, 2.45) is 11.8 Å². The van der Waals surface area contributed by atoms with E-state index in [-0.39, 0.29) is 24.0 Å². The third kappa shape index (κ3) is 3.68. The van der Waals surface area contributed by atoms with Crippen molar-refractivity contribution in [3.63, 3.8) is 0 Å². The zero-order chi connectivity index (χ0) is 12.3. The van der Waals surface area contributed by atoms with Crippen molar-refractivity contribution in [2.45, 2.75) is 51.2 Å². The van der Waals surface area contributed by atoms with Crippen LogP contribution in [0.2, 0.25) is 0 Å². The van der Waals surface area contributed by atoms with Crippen molar-refractivity contribution in [3.8, 4) is 0 Å². The average Bonchev–Trinajstić information content (AvgIpc) is 2.73. The molecule has 4 nitrogen and oxygen atoms in total. The molecule has 98 valence electrons. The molecule has 0 radical (unpaired) electrons. The number of carbonyl (C=O) groups excluding carboxylic acids is 1. The molecule has 4 unspecified atom stereocenters. The number of nitrogens with one attached hydrogen (secondary N) is 1. The van der Waals surface area contributed by atoms with Crippen molar-refractivity contribution < 1.29 is 14.6 Å². The Morgan fingerprint density at radius 1 is 1.41 bits per heavy atom. The van der Waals surface area contributed by atoms with Crippen LogP contribution in [-0.4, -0.2) is 36.4 Å². The zero-order valence-electron chi connectivity index (χ0n) is 10.5. The first-order valence-electron chi connectivity index (χ1n) is 6.72. The molecule has 4 atom stereocenters. The molecule has 4 heteroatoms. The van der Waals surface area contributed by atoms with E-state index >= 15 is 0 Å². The van der Waals surface area contributed by atoms with Crippen molar-refractivity contribution >= 4 is 5.91 Å². The van der Waals surface area contributed by atoms with Gasteiger partial charge in [0.2, 0.25) is 5.91 Å². The van der Waals surface area contributed by atoms with Gasteiger partial charge in [-0.3, -0.25) is 4.79 Å². The predicted molar refractivity (Wildman–Crippen MR) is 64.5 cm³/mol. The molecule has 1 aliphatic carbocycles. The molecule has 17 heavy (non-hydrogen) atoms. The normalized spacial score (nSPS) is 38.0. The molecule has 1 amide bonds. The van der Waals surface area contributed by atoms with Gasteiger partial charge in [0.1, 0.15) is 0 Å². The summed E-state index contributed by atoms with van der Waals surface area (Å²) in [5, 5.41) is 12.6. The Balaban J connectivity index is 1.69. The van der Waals surface area contributed by atoms with E-state index in [4.69, 9.17) is 4.74 Å². The molecule has 1 saturated carbocycles. The summed E-state index contributed by atoms with van der Waals surface area (Å²) in [5.41, 5.74) is 0. The summed E-state index contributed by atoms with van der Waals surface area (Å²) in [6, 6.07) is 0. The van der Waals surface area contributed by atoms with E-state index in [0.717, 1.165) is 32.1 Å². The summed E-state index contributed by atoms with van der Waals surface area (Å²) in [5.74, 6) is 0.593. The SMILES string of the molecule is CC1CC(C(=O)NCC2CCCC(O)C2)CO1. The maximum Gasteiger partial charge on any atom is 0.225 e. The molecule has 2 N–H and O–H groups in total. The smallest absolute Gasteiger partial charge is 0.225 e. The lowest BCUT2D eigenvalue weighted by Gasteiger charge is -2.26. The second kappa shape index (κ2) is 5.83. The van der Waals surface area contributed by atoms with Crippen LogP contribution in [0.25, 0.3) is 0 Å². The minimum atomic E-state index is -0.166. The largest absolute Gasteiger partial charge is 0.393 e. The lowest BCUT2D eigenvalue weighted by Crippen LogP contribution is -2.36. The lowest BCUT2D eigenvalue weighted by atomic mass is 9.87. The first-order chi connectivity index (χ1) is 8.15. The monoisotopic (exact) mass is 241 g/mol. The molecule has 0 aromatic rings. The Labute approximate surface area is 103 Å². The third-order valence-electron chi connectivity index (χ3n) is 3.89. The minimum absolute atomic E-state index is 0.0264. The molecule has 0 aromatic heterocycles. The average molecular weight is 241 g/mol. The summed E-state index contributed by atoms with van der Waals surface area (Å²) in [7, 11) is 0. The van der Waals surface area contributed by atoms with Crippen molar-refractivity contribution in [3.05, 3.63) is 0 Å². The Morgan fingerprint density at radius 3 is 2.88 bits per heavy atom. The summed E-state index contributed by atoms with van der Waals surface area (Å²) >= 11 is 0.